The van der Waals surface area contributed by atoms with Gasteiger partial charge < -0.3 is 4.74 Å². The molecule has 1 aliphatic carbocycles. The predicted octanol–water partition coefficient (Wildman–Crippen LogP) is 2.69. The minimum Gasteiger partial charge on any atom is -0.385 e. The first-order valence-electron chi connectivity index (χ1n) is 9.80. The number of rotatable bonds is 6. The quantitative estimate of drug-likeness (QED) is 0.712. The maximum Gasteiger partial charge on any atom is 0.243 e. The topological polar surface area (TPSA) is 49.9 Å². The Balaban J connectivity index is 1.74. The summed E-state index contributed by atoms with van der Waals surface area (Å²) in [6, 6.07) is 6.17. The average molecular weight is 381 g/mol. The van der Waals surface area contributed by atoms with Gasteiger partial charge in [0.1, 0.15) is 0 Å². The fraction of sp³-hybridized carbons (Fsp3) is 0.700. The molecular weight excluding hydrogens is 348 g/mol. The van der Waals surface area contributed by atoms with E-state index in [0.29, 0.717) is 18.0 Å². The van der Waals surface area contributed by atoms with E-state index in [0.717, 1.165) is 38.8 Å². The van der Waals surface area contributed by atoms with Gasteiger partial charge in [0, 0.05) is 45.4 Å². The fourth-order valence-electron chi connectivity index (χ4n) is 4.36. The van der Waals surface area contributed by atoms with E-state index in [-0.39, 0.29) is 12.1 Å². The standard InChI is InChI=1S/C20H32N2O3S/c1-16-14-21(15-17(2)22(16)11-6-12-25-3)26(23,24)20-10-9-18-7-4-5-8-19(18)13-20/h9-10,13,16-17H,4-8,11-12,14-15H2,1-3H3. The fourth-order valence-corrected chi connectivity index (χ4v) is 6.01. The molecule has 6 heteroatoms. The number of methoxy groups -OCH3 is 1. The molecule has 5 nitrogen and oxygen atoms in total. The summed E-state index contributed by atoms with van der Waals surface area (Å²) >= 11 is 0. The van der Waals surface area contributed by atoms with Crippen molar-refractivity contribution in [2.45, 2.75) is 62.9 Å². The Hall–Kier alpha value is -0.950. The smallest absolute Gasteiger partial charge is 0.243 e. The van der Waals surface area contributed by atoms with Crippen LogP contribution in [0.2, 0.25) is 0 Å². The van der Waals surface area contributed by atoms with Crippen molar-refractivity contribution in [3.8, 4) is 0 Å². The van der Waals surface area contributed by atoms with Gasteiger partial charge in [-0.25, -0.2) is 8.42 Å². The molecule has 3 rings (SSSR count). The van der Waals surface area contributed by atoms with E-state index < -0.39 is 10.0 Å². The van der Waals surface area contributed by atoms with Crippen LogP contribution in [0, 0.1) is 0 Å². The van der Waals surface area contributed by atoms with Crippen LogP contribution in [0.1, 0.15) is 44.2 Å². The van der Waals surface area contributed by atoms with E-state index in [4.69, 9.17) is 4.74 Å². The van der Waals surface area contributed by atoms with Crippen molar-refractivity contribution in [3.63, 3.8) is 0 Å². The van der Waals surface area contributed by atoms with Crippen LogP contribution in [0.15, 0.2) is 23.1 Å². The number of piperazine rings is 1. The summed E-state index contributed by atoms with van der Waals surface area (Å²) in [5.41, 5.74) is 2.54. The van der Waals surface area contributed by atoms with Crippen molar-refractivity contribution in [1.82, 2.24) is 9.21 Å². The minimum atomic E-state index is -3.43. The van der Waals surface area contributed by atoms with E-state index >= 15 is 0 Å². The molecule has 2 atom stereocenters. The monoisotopic (exact) mass is 380 g/mol. The van der Waals surface area contributed by atoms with E-state index in [2.05, 4.69) is 18.7 Å². The second kappa shape index (κ2) is 8.38. The molecule has 0 saturated carbocycles. The zero-order valence-electron chi connectivity index (χ0n) is 16.3. The van der Waals surface area contributed by atoms with Crippen molar-refractivity contribution in [2.24, 2.45) is 0 Å². The van der Waals surface area contributed by atoms with Gasteiger partial charge in [-0.15, -0.1) is 0 Å². The van der Waals surface area contributed by atoms with Crippen molar-refractivity contribution < 1.29 is 13.2 Å². The van der Waals surface area contributed by atoms with Gasteiger partial charge in [-0.05, 0) is 69.2 Å². The second-order valence-corrected chi connectivity index (χ2v) is 9.68. The molecule has 1 aromatic carbocycles. The molecule has 0 amide bonds. The maximum absolute atomic E-state index is 13.2. The first-order chi connectivity index (χ1) is 12.4. The molecule has 2 unspecified atom stereocenters. The van der Waals surface area contributed by atoms with Gasteiger partial charge in [-0.1, -0.05) is 6.07 Å². The number of nitrogens with zero attached hydrogens (tertiary/aromatic N) is 2. The zero-order valence-corrected chi connectivity index (χ0v) is 17.1. The summed E-state index contributed by atoms with van der Waals surface area (Å²) in [6.07, 6.45) is 5.41. The maximum atomic E-state index is 13.2. The van der Waals surface area contributed by atoms with Crippen LogP contribution >= 0.6 is 0 Å². The van der Waals surface area contributed by atoms with E-state index in [1.54, 1.807) is 17.5 Å². The third-order valence-corrected chi connectivity index (χ3v) is 7.62. The highest BCUT2D eigenvalue weighted by Crippen LogP contribution is 2.28. The normalized spacial score (nSPS) is 25.2. The van der Waals surface area contributed by atoms with Crippen molar-refractivity contribution >= 4 is 10.0 Å². The number of aryl methyl sites for hydroxylation is 2. The molecule has 146 valence electrons. The van der Waals surface area contributed by atoms with Crippen LogP contribution in [-0.2, 0) is 27.6 Å². The molecule has 0 spiro atoms. The molecule has 1 fully saturated rings. The van der Waals surface area contributed by atoms with Crippen LogP contribution in [-0.4, -0.2) is 63.1 Å². The van der Waals surface area contributed by atoms with Crippen LogP contribution < -0.4 is 0 Å². The van der Waals surface area contributed by atoms with Gasteiger partial charge in [0.15, 0.2) is 0 Å². The van der Waals surface area contributed by atoms with E-state index in [9.17, 15) is 8.42 Å². The summed E-state index contributed by atoms with van der Waals surface area (Å²) in [5.74, 6) is 0. The van der Waals surface area contributed by atoms with Gasteiger partial charge in [0.05, 0.1) is 4.90 Å². The molecule has 0 radical (unpaired) electrons. The lowest BCUT2D eigenvalue weighted by molar-refractivity contribution is 0.0666. The van der Waals surface area contributed by atoms with Gasteiger partial charge in [0.25, 0.3) is 0 Å². The van der Waals surface area contributed by atoms with Crippen molar-refractivity contribution in [2.75, 3.05) is 33.4 Å². The minimum absolute atomic E-state index is 0.211. The predicted molar refractivity (Wildman–Crippen MR) is 104 cm³/mol. The largest absolute Gasteiger partial charge is 0.385 e. The summed E-state index contributed by atoms with van der Waals surface area (Å²) in [4.78, 5) is 2.86. The highest BCUT2D eigenvalue weighted by Gasteiger charge is 2.36. The molecule has 0 bridgehead atoms. The highest BCUT2D eigenvalue weighted by molar-refractivity contribution is 7.89. The second-order valence-electron chi connectivity index (χ2n) is 7.74. The molecule has 1 saturated heterocycles. The van der Waals surface area contributed by atoms with E-state index in [1.165, 1.54) is 17.5 Å². The zero-order chi connectivity index (χ0) is 18.7. The number of fused-ring (bicyclic) bond motifs is 1. The number of hydrogen-bond acceptors (Lipinski definition) is 4. The summed E-state index contributed by atoms with van der Waals surface area (Å²) in [5, 5.41) is 0. The molecule has 2 aliphatic rings. The van der Waals surface area contributed by atoms with Crippen LogP contribution in [0.5, 0.6) is 0 Å². The Labute approximate surface area is 158 Å². The molecule has 1 aromatic rings. The molecule has 0 aromatic heterocycles. The molecule has 0 N–H and O–H groups in total. The number of hydrogen-bond donors (Lipinski definition) is 0. The lowest BCUT2D eigenvalue weighted by Crippen LogP contribution is -2.58. The van der Waals surface area contributed by atoms with Gasteiger partial charge >= 0.3 is 0 Å². The van der Waals surface area contributed by atoms with Gasteiger partial charge in [-0.2, -0.15) is 4.31 Å². The lowest BCUT2D eigenvalue weighted by Gasteiger charge is -2.43. The molecular formula is C20H32N2O3S. The van der Waals surface area contributed by atoms with Crippen LogP contribution in [0.3, 0.4) is 0 Å². The molecule has 26 heavy (non-hydrogen) atoms. The first-order valence-corrected chi connectivity index (χ1v) is 11.2. The SMILES string of the molecule is COCCCN1C(C)CN(S(=O)(=O)c2ccc3c(c2)CCCC3)CC1C. The Morgan fingerprint density at radius 3 is 2.38 bits per heavy atom. The van der Waals surface area contributed by atoms with Crippen molar-refractivity contribution in [1.29, 1.82) is 0 Å². The third kappa shape index (κ3) is 4.14. The number of sulfonamides is 1. The van der Waals surface area contributed by atoms with Crippen LogP contribution in [0.25, 0.3) is 0 Å². The first kappa shape index (κ1) is 19.8. The molecule has 1 aliphatic heterocycles. The number of ether oxygens (including phenoxy) is 1. The highest BCUT2D eigenvalue weighted by atomic mass is 32.2. The third-order valence-electron chi connectivity index (χ3n) is 5.79. The Bertz CT molecular complexity index is 708. The van der Waals surface area contributed by atoms with Crippen LogP contribution in [0.4, 0.5) is 0 Å². The summed E-state index contributed by atoms with van der Waals surface area (Å²) < 4.78 is 33.3. The van der Waals surface area contributed by atoms with E-state index in [1.807, 2.05) is 12.1 Å². The van der Waals surface area contributed by atoms with Gasteiger partial charge in [-0.3, -0.25) is 4.90 Å². The molecule has 1 heterocycles. The average Bonchev–Trinajstić information content (AvgIpc) is 2.63. The Morgan fingerprint density at radius 1 is 1.08 bits per heavy atom. The summed E-state index contributed by atoms with van der Waals surface area (Å²) in [6.45, 7) is 7.04. The number of benzene rings is 1. The van der Waals surface area contributed by atoms with Gasteiger partial charge in [0.2, 0.25) is 10.0 Å². The van der Waals surface area contributed by atoms with Crippen molar-refractivity contribution in [3.05, 3.63) is 29.3 Å². The summed E-state index contributed by atoms with van der Waals surface area (Å²) in [7, 11) is -1.71. The lowest BCUT2D eigenvalue weighted by atomic mass is 9.92. The Kier molecular flexibility index (Phi) is 6.38. The Morgan fingerprint density at radius 2 is 1.73 bits per heavy atom.